The maximum Gasteiger partial charge on any atom is 0.246 e. The van der Waals surface area contributed by atoms with Gasteiger partial charge in [0.25, 0.3) is 0 Å². The highest BCUT2D eigenvalue weighted by Crippen LogP contribution is 2.13. The van der Waals surface area contributed by atoms with Gasteiger partial charge in [0.1, 0.15) is 0 Å². The fourth-order valence-electron chi connectivity index (χ4n) is 2.11. The summed E-state index contributed by atoms with van der Waals surface area (Å²) < 4.78 is 0. The summed E-state index contributed by atoms with van der Waals surface area (Å²) in [4.78, 5) is 13.9. The Kier molecular flexibility index (Phi) is 6.63. The van der Waals surface area contributed by atoms with Crippen LogP contribution < -0.4 is 5.32 Å². The number of carbonyl (C=O) groups is 1. The van der Waals surface area contributed by atoms with Crippen molar-refractivity contribution in [2.75, 3.05) is 26.2 Å². The zero-order valence-electron chi connectivity index (χ0n) is 11.0. The molecule has 0 radical (unpaired) electrons. The van der Waals surface area contributed by atoms with Crippen molar-refractivity contribution in [2.45, 2.75) is 26.7 Å². The first-order chi connectivity index (χ1) is 8.27. The SMILES string of the molecule is CC=CC=CC(=O)N(CC)CC1CCNCC1. The van der Waals surface area contributed by atoms with Crippen LogP contribution in [0.4, 0.5) is 0 Å². The third-order valence-electron chi connectivity index (χ3n) is 3.17. The van der Waals surface area contributed by atoms with Crippen molar-refractivity contribution in [1.82, 2.24) is 10.2 Å². The lowest BCUT2D eigenvalue weighted by Gasteiger charge is -2.28. The van der Waals surface area contributed by atoms with Gasteiger partial charge in [-0.3, -0.25) is 4.79 Å². The van der Waals surface area contributed by atoms with Crippen LogP contribution in [0.25, 0.3) is 0 Å². The van der Waals surface area contributed by atoms with E-state index < -0.39 is 0 Å². The van der Waals surface area contributed by atoms with E-state index in [-0.39, 0.29) is 5.91 Å². The number of nitrogens with one attached hydrogen (secondary N) is 1. The lowest BCUT2D eigenvalue weighted by molar-refractivity contribution is -0.126. The molecule has 17 heavy (non-hydrogen) atoms. The van der Waals surface area contributed by atoms with Crippen LogP contribution in [0.15, 0.2) is 24.3 Å². The molecule has 1 aliphatic rings. The number of rotatable bonds is 5. The van der Waals surface area contributed by atoms with E-state index in [0.717, 1.165) is 26.2 Å². The van der Waals surface area contributed by atoms with Crippen LogP contribution >= 0.6 is 0 Å². The van der Waals surface area contributed by atoms with Crippen molar-refractivity contribution in [3.63, 3.8) is 0 Å². The van der Waals surface area contributed by atoms with Gasteiger partial charge in [0.2, 0.25) is 5.91 Å². The van der Waals surface area contributed by atoms with Gasteiger partial charge in [-0.1, -0.05) is 18.2 Å². The van der Waals surface area contributed by atoms with Crippen molar-refractivity contribution < 1.29 is 4.79 Å². The molecule has 3 nitrogen and oxygen atoms in total. The molecule has 96 valence electrons. The molecule has 1 aliphatic heterocycles. The summed E-state index contributed by atoms with van der Waals surface area (Å²) in [5.41, 5.74) is 0. The molecule has 0 aromatic heterocycles. The van der Waals surface area contributed by atoms with E-state index in [2.05, 4.69) is 5.32 Å². The first kappa shape index (κ1) is 14.0. The minimum atomic E-state index is 0.129. The fraction of sp³-hybridized carbons (Fsp3) is 0.643. The summed E-state index contributed by atoms with van der Waals surface area (Å²) in [6, 6.07) is 0. The number of carbonyl (C=O) groups excluding carboxylic acids is 1. The molecule has 1 heterocycles. The molecular formula is C14H24N2O. The maximum absolute atomic E-state index is 11.9. The number of piperidine rings is 1. The predicted molar refractivity (Wildman–Crippen MR) is 71.8 cm³/mol. The molecular weight excluding hydrogens is 212 g/mol. The van der Waals surface area contributed by atoms with Crippen LogP contribution in [0, 0.1) is 5.92 Å². The summed E-state index contributed by atoms with van der Waals surface area (Å²) in [5, 5.41) is 3.35. The topological polar surface area (TPSA) is 32.3 Å². The van der Waals surface area contributed by atoms with E-state index in [4.69, 9.17) is 0 Å². The first-order valence-electron chi connectivity index (χ1n) is 6.57. The molecule has 1 amide bonds. The van der Waals surface area contributed by atoms with Gasteiger partial charge in [0.15, 0.2) is 0 Å². The van der Waals surface area contributed by atoms with E-state index in [1.54, 1.807) is 6.08 Å². The Morgan fingerprint density at radius 2 is 2.06 bits per heavy atom. The molecule has 1 rings (SSSR count). The standard InChI is InChI=1S/C14H24N2O/c1-3-5-6-7-14(17)16(4-2)12-13-8-10-15-11-9-13/h3,5-7,13,15H,4,8-12H2,1-2H3. The molecule has 0 saturated carbocycles. The molecule has 1 fully saturated rings. The summed E-state index contributed by atoms with van der Waals surface area (Å²) in [6.45, 7) is 7.86. The monoisotopic (exact) mass is 236 g/mol. The molecule has 0 unspecified atom stereocenters. The minimum Gasteiger partial charge on any atom is -0.339 e. The van der Waals surface area contributed by atoms with Crippen LogP contribution in [0.3, 0.4) is 0 Å². The molecule has 1 saturated heterocycles. The smallest absolute Gasteiger partial charge is 0.246 e. The van der Waals surface area contributed by atoms with E-state index >= 15 is 0 Å². The molecule has 0 spiro atoms. The number of hydrogen-bond donors (Lipinski definition) is 1. The highest BCUT2D eigenvalue weighted by molar-refractivity contribution is 5.87. The van der Waals surface area contributed by atoms with Crippen molar-refractivity contribution in [2.24, 2.45) is 5.92 Å². The van der Waals surface area contributed by atoms with E-state index in [1.807, 2.05) is 37.0 Å². The largest absolute Gasteiger partial charge is 0.339 e. The molecule has 0 bridgehead atoms. The zero-order valence-corrected chi connectivity index (χ0v) is 11.0. The lowest BCUT2D eigenvalue weighted by atomic mass is 9.97. The van der Waals surface area contributed by atoms with Gasteiger partial charge >= 0.3 is 0 Å². The summed E-state index contributed by atoms with van der Waals surface area (Å²) in [6.07, 6.45) is 9.64. The van der Waals surface area contributed by atoms with Gasteiger partial charge in [-0.25, -0.2) is 0 Å². The Bertz CT molecular complexity index is 278. The van der Waals surface area contributed by atoms with Crippen LogP contribution in [0.1, 0.15) is 26.7 Å². The Balaban J connectivity index is 2.43. The highest BCUT2D eigenvalue weighted by atomic mass is 16.2. The summed E-state index contributed by atoms with van der Waals surface area (Å²) in [7, 11) is 0. The van der Waals surface area contributed by atoms with E-state index in [0.29, 0.717) is 5.92 Å². The van der Waals surface area contributed by atoms with Crippen LogP contribution in [0.5, 0.6) is 0 Å². The Hall–Kier alpha value is -1.09. The fourth-order valence-corrected chi connectivity index (χ4v) is 2.11. The van der Waals surface area contributed by atoms with Crippen molar-refractivity contribution in [3.05, 3.63) is 24.3 Å². The van der Waals surface area contributed by atoms with Gasteiger partial charge in [-0.05, 0) is 45.7 Å². The number of hydrogen-bond acceptors (Lipinski definition) is 2. The average Bonchev–Trinajstić information content (AvgIpc) is 2.37. The van der Waals surface area contributed by atoms with Gasteiger partial charge in [-0.2, -0.15) is 0 Å². The molecule has 0 atom stereocenters. The Morgan fingerprint density at radius 3 is 2.65 bits per heavy atom. The van der Waals surface area contributed by atoms with E-state index in [1.165, 1.54) is 12.8 Å². The third-order valence-corrected chi connectivity index (χ3v) is 3.17. The van der Waals surface area contributed by atoms with Gasteiger partial charge < -0.3 is 10.2 Å². The normalized spacial score (nSPS) is 18.0. The van der Waals surface area contributed by atoms with E-state index in [9.17, 15) is 4.79 Å². The van der Waals surface area contributed by atoms with Crippen LogP contribution in [-0.4, -0.2) is 37.0 Å². The molecule has 1 N–H and O–H groups in total. The lowest BCUT2D eigenvalue weighted by Crippen LogP contribution is -2.38. The number of nitrogens with zero attached hydrogens (tertiary/aromatic N) is 1. The molecule has 3 heteroatoms. The summed E-state index contributed by atoms with van der Waals surface area (Å²) in [5.74, 6) is 0.791. The molecule has 0 aliphatic carbocycles. The second-order valence-electron chi connectivity index (χ2n) is 4.46. The van der Waals surface area contributed by atoms with Crippen molar-refractivity contribution in [3.8, 4) is 0 Å². The van der Waals surface area contributed by atoms with Crippen LogP contribution in [0.2, 0.25) is 0 Å². The molecule has 0 aromatic rings. The zero-order chi connectivity index (χ0) is 12.5. The maximum atomic E-state index is 11.9. The van der Waals surface area contributed by atoms with Crippen LogP contribution in [-0.2, 0) is 4.79 Å². The van der Waals surface area contributed by atoms with Gasteiger partial charge in [0, 0.05) is 19.2 Å². The molecule has 0 aromatic carbocycles. The minimum absolute atomic E-state index is 0.129. The first-order valence-corrected chi connectivity index (χ1v) is 6.57. The Morgan fingerprint density at radius 1 is 1.35 bits per heavy atom. The second kappa shape index (κ2) is 8.07. The second-order valence-corrected chi connectivity index (χ2v) is 4.46. The van der Waals surface area contributed by atoms with Gasteiger partial charge in [-0.15, -0.1) is 0 Å². The van der Waals surface area contributed by atoms with Crippen molar-refractivity contribution in [1.29, 1.82) is 0 Å². The number of likely N-dealkylation sites (N-methyl/N-ethyl adjacent to an activating group) is 1. The summed E-state index contributed by atoms with van der Waals surface area (Å²) >= 11 is 0. The van der Waals surface area contributed by atoms with Crippen molar-refractivity contribution >= 4 is 5.91 Å². The number of allylic oxidation sites excluding steroid dienone is 3. The Labute approximate surface area is 105 Å². The number of amides is 1. The average molecular weight is 236 g/mol. The highest BCUT2D eigenvalue weighted by Gasteiger charge is 2.18. The third kappa shape index (κ3) is 5.18. The quantitative estimate of drug-likeness (QED) is 0.584. The van der Waals surface area contributed by atoms with Gasteiger partial charge in [0.05, 0.1) is 0 Å². The predicted octanol–water partition coefficient (Wildman–Crippen LogP) is 1.97.